The standard InChI is InChI=1S/C16H24F3NO4/c1-24-10-15(14(22)23)7-4-8-20(9-15)13(21)11-5-2-3-6-12(11)16(17,18)19/h11-12H,2-10H2,1H3,(H,22,23). The summed E-state index contributed by atoms with van der Waals surface area (Å²) in [5.41, 5.74) is -1.23. The van der Waals surface area contributed by atoms with Gasteiger partial charge in [-0.05, 0) is 25.7 Å². The molecule has 1 aliphatic carbocycles. The number of carboxylic acid groups (broad SMARTS) is 1. The third-order valence-electron chi connectivity index (χ3n) is 5.27. The maximum absolute atomic E-state index is 13.2. The Morgan fingerprint density at radius 3 is 2.50 bits per heavy atom. The van der Waals surface area contributed by atoms with Crippen LogP contribution in [0.25, 0.3) is 0 Å². The lowest BCUT2D eigenvalue weighted by molar-refractivity contribution is -0.202. The van der Waals surface area contributed by atoms with Gasteiger partial charge in [0.25, 0.3) is 0 Å². The van der Waals surface area contributed by atoms with Crippen molar-refractivity contribution in [3.63, 3.8) is 0 Å². The van der Waals surface area contributed by atoms with E-state index in [2.05, 4.69) is 0 Å². The number of likely N-dealkylation sites (tertiary alicyclic amines) is 1. The number of rotatable bonds is 4. The minimum atomic E-state index is -4.40. The van der Waals surface area contributed by atoms with E-state index in [-0.39, 0.29) is 26.0 Å². The number of piperidine rings is 1. The number of carbonyl (C=O) groups excluding carboxylic acids is 1. The number of amides is 1. The van der Waals surface area contributed by atoms with Gasteiger partial charge in [-0.2, -0.15) is 13.2 Å². The predicted octanol–water partition coefficient (Wildman–Crippen LogP) is 2.69. The van der Waals surface area contributed by atoms with Crippen LogP contribution in [0.5, 0.6) is 0 Å². The minimum Gasteiger partial charge on any atom is -0.481 e. The Bertz CT molecular complexity index is 478. The second-order valence-electron chi connectivity index (χ2n) is 6.92. The number of alkyl halides is 3. The molecule has 2 fully saturated rings. The van der Waals surface area contributed by atoms with Crippen LogP contribution in [0.1, 0.15) is 38.5 Å². The lowest BCUT2D eigenvalue weighted by atomic mass is 9.76. The number of carbonyl (C=O) groups is 2. The van der Waals surface area contributed by atoms with Crippen LogP contribution in [0.2, 0.25) is 0 Å². The molecule has 1 heterocycles. The molecule has 0 aromatic rings. The topological polar surface area (TPSA) is 66.8 Å². The fraction of sp³-hybridized carbons (Fsp3) is 0.875. The molecule has 0 bridgehead atoms. The minimum absolute atomic E-state index is 0.0319. The first kappa shape index (κ1) is 19.0. The molecule has 0 radical (unpaired) electrons. The highest BCUT2D eigenvalue weighted by atomic mass is 19.4. The molecule has 1 N–H and O–H groups in total. The largest absolute Gasteiger partial charge is 0.481 e. The van der Waals surface area contributed by atoms with Crippen molar-refractivity contribution in [2.45, 2.75) is 44.7 Å². The smallest absolute Gasteiger partial charge is 0.392 e. The van der Waals surface area contributed by atoms with Gasteiger partial charge in [-0.15, -0.1) is 0 Å². The molecule has 24 heavy (non-hydrogen) atoms. The number of aliphatic carboxylic acids is 1. The molecule has 1 saturated heterocycles. The van der Waals surface area contributed by atoms with E-state index < -0.39 is 35.3 Å². The lowest BCUT2D eigenvalue weighted by Gasteiger charge is -2.42. The maximum atomic E-state index is 13.2. The Hall–Kier alpha value is -1.31. The molecule has 1 aliphatic heterocycles. The summed E-state index contributed by atoms with van der Waals surface area (Å²) in [6.45, 7) is 0.161. The number of hydrogen-bond donors (Lipinski definition) is 1. The fourth-order valence-electron chi connectivity index (χ4n) is 4.00. The van der Waals surface area contributed by atoms with Crippen molar-refractivity contribution in [3.8, 4) is 0 Å². The number of hydrogen-bond acceptors (Lipinski definition) is 3. The molecule has 3 atom stereocenters. The molecule has 2 rings (SSSR count). The first-order valence-corrected chi connectivity index (χ1v) is 8.29. The van der Waals surface area contributed by atoms with Gasteiger partial charge in [0, 0.05) is 26.1 Å². The van der Waals surface area contributed by atoms with E-state index in [4.69, 9.17) is 4.74 Å². The second-order valence-corrected chi connectivity index (χ2v) is 6.92. The average Bonchev–Trinajstić information content (AvgIpc) is 2.53. The lowest BCUT2D eigenvalue weighted by Crippen LogP contribution is -2.54. The Morgan fingerprint density at radius 2 is 1.92 bits per heavy atom. The number of carboxylic acids is 1. The van der Waals surface area contributed by atoms with E-state index in [1.807, 2.05) is 0 Å². The highest BCUT2D eigenvalue weighted by molar-refractivity contribution is 5.82. The molecule has 138 valence electrons. The number of ether oxygens (including phenoxy) is 1. The van der Waals surface area contributed by atoms with Crippen molar-refractivity contribution < 1.29 is 32.6 Å². The van der Waals surface area contributed by atoms with Crippen LogP contribution in [0.3, 0.4) is 0 Å². The van der Waals surface area contributed by atoms with Crippen molar-refractivity contribution in [2.24, 2.45) is 17.3 Å². The molecule has 0 spiro atoms. The second kappa shape index (κ2) is 7.29. The molecule has 0 aromatic heterocycles. The van der Waals surface area contributed by atoms with E-state index >= 15 is 0 Å². The number of methoxy groups -OCH3 is 1. The highest BCUT2D eigenvalue weighted by Crippen LogP contribution is 2.43. The summed E-state index contributed by atoms with van der Waals surface area (Å²) in [4.78, 5) is 25.7. The summed E-state index contributed by atoms with van der Waals surface area (Å²) < 4.78 is 44.7. The van der Waals surface area contributed by atoms with Gasteiger partial charge < -0.3 is 14.7 Å². The van der Waals surface area contributed by atoms with Gasteiger partial charge >= 0.3 is 12.1 Å². The molecule has 8 heteroatoms. The van der Waals surface area contributed by atoms with Gasteiger partial charge in [-0.1, -0.05) is 12.8 Å². The zero-order chi connectivity index (χ0) is 18.0. The Kier molecular flexibility index (Phi) is 5.78. The average molecular weight is 351 g/mol. The summed E-state index contributed by atoms with van der Waals surface area (Å²) in [7, 11) is 1.38. The van der Waals surface area contributed by atoms with Gasteiger partial charge in [0.05, 0.1) is 12.5 Å². The van der Waals surface area contributed by atoms with E-state index in [9.17, 15) is 27.9 Å². The number of halogens is 3. The van der Waals surface area contributed by atoms with Gasteiger partial charge in [-0.25, -0.2) is 0 Å². The van der Waals surface area contributed by atoms with Crippen LogP contribution in [0.4, 0.5) is 13.2 Å². The summed E-state index contributed by atoms with van der Waals surface area (Å²) in [6, 6.07) is 0. The molecule has 2 aliphatic rings. The molecule has 0 aromatic carbocycles. The van der Waals surface area contributed by atoms with Crippen molar-refractivity contribution in [1.29, 1.82) is 0 Å². The van der Waals surface area contributed by atoms with Gasteiger partial charge in [0.1, 0.15) is 5.41 Å². The summed E-state index contributed by atoms with van der Waals surface area (Å²) in [5, 5.41) is 9.51. The van der Waals surface area contributed by atoms with Gasteiger partial charge in [-0.3, -0.25) is 9.59 Å². The molecular formula is C16H24F3NO4. The SMILES string of the molecule is COCC1(C(=O)O)CCCN(C(=O)C2CCCCC2C(F)(F)F)C1. The predicted molar refractivity (Wildman–Crippen MR) is 79.3 cm³/mol. The highest BCUT2D eigenvalue weighted by Gasteiger charge is 2.51. The first-order chi connectivity index (χ1) is 11.2. The van der Waals surface area contributed by atoms with Crippen LogP contribution in [-0.4, -0.2) is 54.9 Å². The van der Waals surface area contributed by atoms with Crippen molar-refractivity contribution >= 4 is 11.9 Å². The zero-order valence-corrected chi connectivity index (χ0v) is 13.8. The molecule has 1 amide bonds. The van der Waals surface area contributed by atoms with Crippen LogP contribution < -0.4 is 0 Å². The third kappa shape index (κ3) is 3.84. The Balaban J connectivity index is 2.17. The zero-order valence-electron chi connectivity index (χ0n) is 13.8. The maximum Gasteiger partial charge on any atom is 0.392 e. The fourth-order valence-corrected chi connectivity index (χ4v) is 4.00. The van der Waals surface area contributed by atoms with Gasteiger partial charge in [0.15, 0.2) is 0 Å². The van der Waals surface area contributed by atoms with Gasteiger partial charge in [0.2, 0.25) is 5.91 Å². The third-order valence-corrected chi connectivity index (χ3v) is 5.27. The van der Waals surface area contributed by atoms with E-state index in [1.54, 1.807) is 0 Å². The first-order valence-electron chi connectivity index (χ1n) is 8.29. The van der Waals surface area contributed by atoms with E-state index in [1.165, 1.54) is 12.0 Å². The number of nitrogens with zero attached hydrogens (tertiary/aromatic N) is 1. The van der Waals surface area contributed by atoms with Crippen LogP contribution in [0.15, 0.2) is 0 Å². The molecule has 5 nitrogen and oxygen atoms in total. The Morgan fingerprint density at radius 1 is 1.25 bits per heavy atom. The Labute approximate surface area is 139 Å². The van der Waals surface area contributed by atoms with Crippen molar-refractivity contribution in [3.05, 3.63) is 0 Å². The monoisotopic (exact) mass is 351 g/mol. The quantitative estimate of drug-likeness (QED) is 0.846. The molecule has 3 unspecified atom stereocenters. The van der Waals surface area contributed by atoms with Crippen LogP contribution in [0, 0.1) is 17.3 Å². The summed E-state index contributed by atoms with van der Waals surface area (Å²) in [5.74, 6) is -4.34. The molecule has 1 saturated carbocycles. The normalized spacial score (nSPS) is 31.8. The molecular weight excluding hydrogens is 327 g/mol. The van der Waals surface area contributed by atoms with E-state index in [0.717, 1.165) is 0 Å². The van der Waals surface area contributed by atoms with Crippen molar-refractivity contribution in [1.82, 2.24) is 4.90 Å². The van der Waals surface area contributed by atoms with Crippen molar-refractivity contribution in [2.75, 3.05) is 26.8 Å². The summed E-state index contributed by atoms with van der Waals surface area (Å²) >= 11 is 0. The van der Waals surface area contributed by atoms with Crippen LogP contribution >= 0.6 is 0 Å². The van der Waals surface area contributed by atoms with Crippen LogP contribution in [-0.2, 0) is 14.3 Å². The summed E-state index contributed by atoms with van der Waals surface area (Å²) in [6.07, 6.45) is -2.35. The van der Waals surface area contributed by atoms with E-state index in [0.29, 0.717) is 32.2 Å².